The lowest BCUT2D eigenvalue weighted by Crippen LogP contribution is -2.27. The van der Waals surface area contributed by atoms with E-state index in [1.807, 2.05) is 14.1 Å². The predicted molar refractivity (Wildman–Crippen MR) is 101 cm³/mol. The van der Waals surface area contributed by atoms with Gasteiger partial charge in [0.2, 0.25) is 5.91 Å². The van der Waals surface area contributed by atoms with Crippen molar-refractivity contribution in [2.75, 3.05) is 45.5 Å². The van der Waals surface area contributed by atoms with Crippen molar-refractivity contribution in [2.24, 2.45) is 0 Å². The van der Waals surface area contributed by atoms with E-state index in [0.29, 0.717) is 35.0 Å². The van der Waals surface area contributed by atoms with Gasteiger partial charge in [-0.25, -0.2) is 0 Å². The topological polar surface area (TPSA) is 79.9 Å². The molecular formula is C19H23N3O4. The number of anilines is 2. The van der Waals surface area contributed by atoms with Gasteiger partial charge in [0.1, 0.15) is 11.5 Å². The van der Waals surface area contributed by atoms with E-state index in [0.717, 1.165) is 0 Å². The molecule has 0 unspecified atom stereocenters. The number of likely N-dealkylation sites (N-methyl/N-ethyl adjacent to an activating group) is 1. The molecule has 0 radical (unpaired) electrons. The Balaban J connectivity index is 2.04. The van der Waals surface area contributed by atoms with Crippen LogP contribution in [0.25, 0.3) is 0 Å². The van der Waals surface area contributed by atoms with Gasteiger partial charge in [-0.3, -0.25) is 9.59 Å². The van der Waals surface area contributed by atoms with E-state index in [2.05, 4.69) is 10.6 Å². The van der Waals surface area contributed by atoms with E-state index in [4.69, 9.17) is 9.47 Å². The molecule has 2 rings (SSSR count). The van der Waals surface area contributed by atoms with E-state index in [1.54, 1.807) is 54.5 Å². The number of nitrogens with one attached hydrogen (secondary N) is 2. The highest BCUT2D eigenvalue weighted by atomic mass is 16.5. The summed E-state index contributed by atoms with van der Waals surface area (Å²) in [5.41, 5.74) is 1.67. The normalized spacial score (nSPS) is 10.3. The van der Waals surface area contributed by atoms with Crippen LogP contribution in [0.15, 0.2) is 42.5 Å². The maximum Gasteiger partial charge on any atom is 0.259 e. The molecule has 26 heavy (non-hydrogen) atoms. The summed E-state index contributed by atoms with van der Waals surface area (Å²) in [6, 6.07) is 11.9. The molecule has 0 spiro atoms. The van der Waals surface area contributed by atoms with Gasteiger partial charge in [0.25, 0.3) is 5.91 Å². The minimum atomic E-state index is -0.297. The number of rotatable bonds is 7. The lowest BCUT2D eigenvalue weighted by Gasteiger charge is -2.12. The summed E-state index contributed by atoms with van der Waals surface area (Å²) < 4.78 is 10.4. The van der Waals surface area contributed by atoms with Crippen molar-refractivity contribution in [3.8, 4) is 11.5 Å². The largest absolute Gasteiger partial charge is 0.497 e. The standard InChI is InChI=1S/C19H23N3O4/c1-22(2)12-18(23)20-13-5-7-14(8-6-13)21-19(24)16-10-9-15(25-3)11-17(16)26-4/h5-11H,12H2,1-4H3,(H,20,23)(H,21,24). The molecule has 0 aromatic heterocycles. The first-order chi connectivity index (χ1) is 12.4. The van der Waals surface area contributed by atoms with Crippen LogP contribution in [-0.2, 0) is 4.79 Å². The fourth-order valence-electron chi connectivity index (χ4n) is 2.31. The molecule has 7 nitrogen and oxygen atoms in total. The summed E-state index contributed by atoms with van der Waals surface area (Å²) in [4.78, 5) is 26.0. The summed E-state index contributed by atoms with van der Waals surface area (Å²) in [6.45, 7) is 0.301. The SMILES string of the molecule is COc1ccc(C(=O)Nc2ccc(NC(=O)CN(C)C)cc2)c(OC)c1. The third kappa shape index (κ3) is 5.22. The zero-order valence-electron chi connectivity index (χ0n) is 15.3. The molecule has 2 amide bonds. The summed E-state index contributed by atoms with van der Waals surface area (Å²) in [5, 5.41) is 5.59. The molecule has 2 N–H and O–H groups in total. The van der Waals surface area contributed by atoms with Crippen LogP contribution in [0.5, 0.6) is 11.5 Å². The van der Waals surface area contributed by atoms with Crippen molar-refractivity contribution in [3.05, 3.63) is 48.0 Å². The minimum Gasteiger partial charge on any atom is -0.497 e. The van der Waals surface area contributed by atoms with Gasteiger partial charge < -0.3 is 25.0 Å². The molecule has 0 atom stereocenters. The van der Waals surface area contributed by atoms with E-state index >= 15 is 0 Å². The molecule has 0 saturated heterocycles. The van der Waals surface area contributed by atoms with Gasteiger partial charge in [0.15, 0.2) is 0 Å². The van der Waals surface area contributed by atoms with Gasteiger partial charge in [-0.2, -0.15) is 0 Å². The fraction of sp³-hybridized carbons (Fsp3) is 0.263. The lowest BCUT2D eigenvalue weighted by atomic mass is 10.1. The van der Waals surface area contributed by atoms with Crippen molar-refractivity contribution >= 4 is 23.2 Å². The number of amides is 2. The minimum absolute atomic E-state index is 0.102. The van der Waals surface area contributed by atoms with Crippen molar-refractivity contribution in [2.45, 2.75) is 0 Å². The fourth-order valence-corrected chi connectivity index (χ4v) is 2.31. The van der Waals surface area contributed by atoms with Crippen LogP contribution in [0, 0.1) is 0 Å². The number of ether oxygens (including phenoxy) is 2. The summed E-state index contributed by atoms with van der Waals surface area (Å²) in [5.74, 6) is 0.634. The smallest absolute Gasteiger partial charge is 0.259 e. The van der Waals surface area contributed by atoms with Gasteiger partial charge in [-0.05, 0) is 50.5 Å². The van der Waals surface area contributed by atoms with Crippen LogP contribution >= 0.6 is 0 Å². The predicted octanol–water partition coefficient (Wildman–Crippen LogP) is 2.46. The first-order valence-corrected chi connectivity index (χ1v) is 8.01. The average molecular weight is 357 g/mol. The molecule has 0 aliphatic heterocycles. The van der Waals surface area contributed by atoms with Gasteiger partial charge in [0.05, 0.1) is 26.3 Å². The Morgan fingerprint density at radius 2 is 1.54 bits per heavy atom. The second-order valence-electron chi connectivity index (χ2n) is 5.88. The molecule has 0 fully saturated rings. The second kappa shape index (κ2) is 8.87. The number of carbonyl (C=O) groups is 2. The van der Waals surface area contributed by atoms with E-state index in [9.17, 15) is 9.59 Å². The van der Waals surface area contributed by atoms with Gasteiger partial charge in [-0.1, -0.05) is 0 Å². The molecule has 0 aliphatic rings. The highest BCUT2D eigenvalue weighted by Crippen LogP contribution is 2.25. The number of benzene rings is 2. The summed E-state index contributed by atoms with van der Waals surface area (Å²) in [7, 11) is 6.70. The van der Waals surface area contributed by atoms with Crippen molar-refractivity contribution < 1.29 is 19.1 Å². The molecule has 0 aliphatic carbocycles. The Morgan fingerprint density at radius 1 is 0.923 bits per heavy atom. The van der Waals surface area contributed by atoms with Crippen molar-refractivity contribution in [1.29, 1.82) is 0 Å². The molecule has 2 aromatic rings. The molecule has 0 bridgehead atoms. The van der Waals surface area contributed by atoms with E-state index in [1.165, 1.54) is 7.11 Å². The van der Waals surface area contributed by atoms with Crippen molar-refractivity contribution in [3.63, 3.8) is 0 Å². The van der Waals surface area contributed by atoms with Crippen LogP contribution in [0.1, 0.15) is 10.4 Å². The Morgan fingerprint density at radius 3 is 2.08 bits per heavy atom. The van der Waals surface area contributed by atoms with Gasteiger partial charge >= 0.3 is 0 Å². The van der Waals surface area contributed by atoms with Crippen LogP contribution in [-0.4, -0.2) is 51.6 Å². The monoisotopic (exact) mass is 357 g/mol. The van der Waals surface area contributed by atoms with Crippen LogP contribution in [0.2, 0.25) is 0 Å². The number of carbonyl (C=O) groups excluding carboxylic acids is 2. The molecule has 0 saturated carbocycles. The maximum absolute atomic E-state index is 12.5. The highest BCUT2D eigenvalue weighted by molar-refractivity contribution is 6.06. The first kappa shape index (κ1) is 19.3. The molecule has 7 heteroatoms. The quantitative estimate of drug-likeness (QED) is 0.796. The van der Waals surface area contributed by atoms with Crippen molar-refractivity contribution in [1.82, 2.24) is 4.90 Å². The average Bonchev–Trinajstić information content (AvgIpc) is 2.62. The van der Waals surface area contributed by atoms with Crippen LogP contribution in [0.3, 0.4) is 0 Å². The number of methoxy groups -OCH3 is 2. The lowest BCUT2D eigenvalue weighted by molar-refractivity contribution is -0.116. The molecular weight excluding hydrogens is 334 g/mol. The Hall–Kier alpha value is -3.06. The van der Waals surface area contributed by atoms with Crippen LogP contribution in [0.4, 0.5) is 11.4 Å². The summed E-state index contributed by atoms with van der Waals surface area (Å²) in [6.07, 6.45) is 0. The van der Waals surface area contributed by atoms with Gasteiger partial charge in [-0.15, -0.1) is 0 Å². The first-order valence-electron chi connectivity index (χ1n) is 8.01. The molecule has 138 valence electrons. The number of nitrogens with zero attached hydrogens (tertiary/aromatic N) is 1. The zero-order chi connectivity index (χ0) is 19.1. The van der Waals surface area contributed by atoms with Gasteiger partial charge in [0, 0.05) is 17.4 Å². The zero-order valence-corrected chi connectivity index (χ0v) is 15.3. The Kier molecular flexibility index (Phi) is 6.57. The Labute approximate surface area is 152 Å². The summed E-state index contributed by atoms with van der Waals surface area (Å²) >= 11 is 0. The van der Waals surface area contributed by atoms with E-state index < -0.39 is 0 Å². The highest BCUT2D eigenvalue weighted by Gasteiger charge is 2.13. The number of hydrogen-bond donors (Lipinski definition) is 2. The maximum atomic E-state index is 12.5. The third-order valence-electron chi connectivity index (χ3n) is 3.54. The molecule has 2 aromatic carbocycles. The van der Waals surface area contributed by atoms with Crippen LogP contribution < -0.4 is 20.1 Å². The Bertz CT molecular complexity index is 773. The van der Waals surface area contributed by atoms with E-state index in [-0.39, 0.29) is 11.8 Å². The number of hydrogen-bond acceptors (Lipinski definition) is 5. The second-order valence-corrected chi connectivity index (χ2v) is 5.88. The third-order valence-corrected chi connectivity index (χ3v) is 3.54. The molecule has 0 heterocycles.